The number of guanidine groups is 1. The second-order valence-electron chi connectivity index (χ2n) is 5.23. The van der Waals surface area contributed by atoms with Crippen LogP contribution in [-0.4, -0.2) is 75.0 Å². The van der Waals surface area contributed by atoms with E-state index in [9.17, 15) is 0 Å². The Morgan fingerprint density at radius 1 is 1.35 bits per heavy atom. The van der Waals surface area contributed by atoms with Crippen molar-refractivity contribution in [3.63, 3.8) is 0 Å². The second kappa shape index (κ2) is 8.74. The number of ether oxygens (including phenoxy) is 2. The Morgan fingerprint density at radius 2 is 2.20 bits per heavy atom. The number of thioether (sulfide) groups is 1. The van der Waals surface area contributed by atoms with Crippen LogP contribution in [0.3, 0.4) is 0 Å². The van der Waals surface area contributed by atoms with Gasteiger partial charge in [-0.3, -0.25) is 4.99 Å². The molecule has 0 aliphatic carbocycles. The van der Waals surface area contributed by atoms with Crippen LogP contribution in [0.25, 0.3) is 0 Å². The van der Waals surface area contributed by atoms with Crippen molar-refractivity contribution in [3.05, 3.63) is 0 Å². The van der Waals surface area contributed by atoms with Gasteiger partial charge in [0.1, 0.15) is 6.10 Å². The number of aliphatic imine (C=N–C) groups is 1. The highest BCUT2D eigenvalue weighted by molar-refractivity contribution is 7.98. The molecule has 2 saturated heterocycles. The van der Waals surface area contributed by atoms with E-state index in [0.29, 0.717) is 0 Å². The van der Waals surface area contributed by atoms with Gasteiger partial charge in [0.15, 0.2) is 5.96 Å². The van der Waals surface area contributed by atoms with Crippen LogP contribution in [0, 0.1) is 0 Å². The van der Waals surface area contributed by atoms with Crippen LogP contribution < -0.4 is 5.32 Å². The number of nitrogens with one attached hydrogen (secondary N) is 1. The first kappa shape index (κ1) is 15.9. The Kier molecular flexibility index (Phi) is 6.96. The van der Waals surface area contributed by atoms with E-state index in [0.717, 1.165) is 51.6 Å². The largest absolute Gasteiger partial charge is 0.375 e. The molecule has 2 aliphatic heterocycles. The van der Waals surface area contributed by atoms with Gasteiger partial charge in [-0.2, -0.15) is 11.8 Å². The maximum Gasteiger partial charge on any atom is 0.193 e. The smallest absolute Gasteiger partial charge is 0.193 e. The molecule has 0 aromatic rings. The lowest BCUT2D eigenvalue weighted by Gasteiger charge is -2.37. The van der Waals surface area contributed by atoms with Crippen molar-refractivity contribution < 1.29 is 9.47 Å². The highest BCUT2D eigenvalue weighted by atomic mass is 32.2. The lowest BCUT2D eigenvalue weighted by molar-refractivity contribution is -0.0816. The first-order valence-electron chi connectivity index (χ1n) is 7.53. The normalized spacial score (nSPS) is 27.9. The van der Waals surface area contributed by atoms with E-state index in [1.807, 2.05) is 18.8 Å². The van der Waals surface area contributed by atoms with Crippen LogP contribution in [0.2, 0.25) is 0 Å². The van der Waals surface area contributed by atoms with Gasteiger partial charge in [-0.25, -0.2) is 0 Å². The molecule has 0 spiro atoms. The molecule has 2 aliphatic rings. The molecule has 2 fully saturated rings. The van der Waals surface area contributed by atoms with Crippen LogP contribution in [0.15, 0.2) is 4.99 Å². The summed E-state index contributed by atoms with van der Waals surface area (Å²) in [6, 6.07) is 0. The zero-order chi connectivity index (χ0) is 14.2. The Balaban J connectivity index is 1.79. The quantitative estimate of drug-likeness (QED) is 0.470. The topological polar surface area (TPSA) is 46.1 Å². The zero-order valence-electron chi connectivity index (χ0n) is 12.6. The van der Waals surface area contributed by atoms with Gasteiger partial charge in [-0.1, -0.05) is 0 Å². The van der Waals surface area contributed by atoms with Crippen LogP contribution in [0.1, 0.15) is 19.3 Å². The molecule has 5 nitrogen and oxygen atoms in total. The molecule has 0 aromatic carbocycles. The minimum Gasteiger partial charge on any atom is -0.375 e. The van der Waals surface area contributed by atoms with Gasteiger partial charge in [-0.15, -0.1) is 0 Å². The van der Waals surface area contributed by atoms with Crippen LogP contribution in [-0.2, 0) is 9.47 Å². The standard InChI is InChI=1S/C14H27N3O2S/c1-15-14(16-6-4-10-20-2)17-7-9-19-13(11-17)12-5-3-8-18-12/h12-13H,3-11H2,1-2H3,(H,15,16). The van der Waals surface area contributed by atoms with Crippen LogP contribution in [0.5, 0.6) is 0 Å². The molecule has 6 heteroatoms. The summed E-state index contributed by atoms with van der Waals surface area (Å²) in [5, 5.41) is 3.45. The summed E-state index contributed by atoms with van der Waals surface area (Å²) in [6.07, 6.45) is 6.05. The Bertz CT molecular complexity index is 309. The van der Waals surface area contributed by atoms with Crippen molar-refractivity contribution in [1.82, 2.24) is 10.2 Å². The Morgan fingerprint density at radius 3 is 2.90 bits per heavy atom. The van der Waals surface area contributed by atoms with E-state index in [1.54, 1.807) is 0 Å². The fraction of sp³-hybridized carbons (Fsp3) is 0.929. The van der Waals surface area contributed by atoms with Crippen molar-refractivity contribution >= 4 is 17.7 Å². The predicted octanol–water partition coefficient (Wildman–Crippen LogP) is 1.19. The summed E-state index contributed by atoms with van der Waals surface area (Å²) in [4.78, 5) is 6.70. The molecule has 20 heavy (non-hydrogen) atoms. The number of rotatable bonds is 5. The maximum absolute atomic E-state index is 5.88. The van der Waals surface area contributed by atoms with Gasteiger partial charge >= 0.3 is 0 Å². The molecule has 0 amide bonds. The number of nitrogens with zero attached hydrogens (tertiary/aromatic N) is 2. The maximum atomic E-state index is 5.88. The average molecular weight is 301 g/mol. The number of morpholine rings is 1. The Hall–Kier alpha value is -0.460. The van der Waals surface area contributed by atoms with Crippen LogP contribution >= 0.6 is 11.8 Å². The fourth-order valence-electron chi connectivity index (χ4n) is 2.74. The van der Waals surface area contributed by atoms with Crippen LogP contribution in [0.4, 0.5) is 0 Å². The molecule has 1 N–H and O–H groups in total. The molecule has 116 valence electrons. The molecule has 2 rings (SSSR count). The van der Waals surface area contributed by atoms with E-state index in [-0.39, 0.29) is 12.2 Å². The minimum absolute atomic E-state index is 0.191. The Labute approximate surface area is 126 Å². The van der Waals surface area contributed by atoms with Crippen molar-refractivity contribution in [2.75, 3.05) is 51.9 Å². The third kappa shape index (κ3) is 4.53. The summed E-state index contributed by atoms with van der Waals surface area (Å²) in [6.45, 7) is 4.41. The third-order valence-electron chi connectivity index (χ3n) is 3.79. The second-order valence-corrected chi connectivity index (χ2v) is 6.21. The lowest BCUT2D eigenvalue weighted by atomic mass is 10.1. The van der Waals surface area contributed by atoms with Gasteiger partial charge in [0.05, 0.1) is 12.7 Å². The van der Waals surface area contributed by atoms with Crippen molar-refractivity contribution in [3.8, 4) is 0 Å². The molecule has 0 saturated carbocycles. The molecule has 2 unspecified atom stereocenters. The summed E-state index contributed by atoms with van der Waals surface area (Å²) < 4.78 is 11.6. The van der Waals surface area contributed by atoms with Crippen molar-refractivity contribution in [1.29, 1.82) is 0 Å². The molecular weight excluding hydrogens is 274 g/mol. The molecule has 0 bridgehead atoms. The van der Waals surface area contributed by atoms with Crippen molar-refractivity contribution in [2.24, 2.45) is 4.99 Å². The SMILES string of the molecule is CN=C(NCCCSC)N1CCOC(C2CCCO2)C1. The summed E-state index contributed by atoms with van der Waals surface area (Å²) in [5.74, 6) is 2.18. The molecule has 2 atom stereocenters. The van der Waals surface area contributed by atoms with Gasteiger partial charge in [-0.05, 0) is 31.3 Å². The van der Waals surface area contributed by atoms with Gasteiger partial charge in [0, 0.05) is 33.3 Å². The minimum atomic E-state index is 0.191. The fourth-order valence-corrected chi connectivity index (χ4v) is 3.17. The number of hydrogen-bond acceptors (Lipinski definition) is 4. The van der Waals surface area contributed by atoms with E-state index in [1.165, 1.54) is 12.2 Å². The average Bonchev–Trinajstić information content (AvgIpc) is 3.02. The molecule has 0 radical (unpaired) electrons. The first-order valence-corrected chi connectivity index (χ1v) is 8.92. The van der Waals surface area contributed by atoms with E-state index in [2.05, 4.69) is 21.5 Å². The summed E-state index contributed by atoms with van der Waals surface area (Å²) in [7, 11) is 1.85. The summed E-state index contributed by atoms with van der Waals surface area (Å²) >= 11 is 1.88. The van der Waals surface area contributed by atoms with Crippen molar-refractivity contribution in [2.45, 2.75) is 31.5 Å². The highest BCUT2D eigenvalue weighted by Gasteiger charge is 2.32. The van der Waals surface area contributed by atoms with E-state index < -0.39 is 0 Å². The first-order chi connectivity index (χ1) is 9.85. The van der Waals surface area contributed by atoms with Gasteiger partial charge < -0.3 is 19.7 Å². The van der Waals surface area contributed by atoms with E-state index in [4.69, 9.17) is 9.47 Å². The van der Waals surface area contributed by atoms with E-state index >= 15 is 0 Å². The number of hydrogen-bond donors (Lipinski definition) is 1. The summed E-state index contributed by atoms with van der Waals surface area (Å²) in [5.41, 5.74) is 0. The predicted molar refractivity (Wildman–Crippen MR) is 84.6 cm³/mol. The highest BCUT2D eigenvalue weighted by Crippen LogP contribution is 2.20. The van der Waals surface area contributed by atoms with Gasteiger partial charge in [0.2, 0.25) is 0 Å². The molecule has 0 aromatic heterocycles. The lowest BCUT2D eigenvalue weighted by Crippen LogP contribution is -2.53. The van der Waals surface area contributed by atoms with Gasteiger partial charge in [0.25, 0.3) is 0 Å². The third-order valence-corrected chi connectivity index (χ3v) is 4.49. The zero-order valence-corrected chi connectivity index (χ0v) is 13.5. The molecule has 2 heterocycles. The monoisotopic (exact) mass is 301 g/mol. The molecular formula is C14H27N3O2S.